The number of nitrogens with zero attached hydrogens (tertiary/aromatic N) is 2. The van der Waals surface area contributed by atoms with Crippen molar-refractivity contribution in [1.29, 1.82) is 0 Å². The van der Waals surface area contributed by atoms with Gasteiger partial charge in [-0.15, -0.1) is 0 Å². The molecule has 2 aromatic rings. The summed E-state index contributed by atoms with van der Waals surface area (Å²) >= 11 is 0. The molecule has 1 amide bonds. The van der Waals surface area contributed by atoms with Gasteiger partial charge in [-0.05, 0) is 12.1 Å². The number of fused-ring (bicyclic) bond motifs is 1. The highest BCUT2D eigenvalue weighted by atomic mass is 16.5. The molecule has 1 unspecified atom stereocenters. The Morgan fingerprint density at radius 2 is 1.95 bits per heavy atom. The number of esters is 1. The Hall–Kier alpha value is -2.43. The van der Waals surface area contributed by atoms with Crippen molar-refractivity contribution in [3.63, 3.8) is 0 Å². The second kappa shape index (κ2) is 6.35. The highest BCUT2D eigenvalue weighted by Crippen LogP contribution is 2.13. The van der Waals surface area contributed by atoms with Gasteiger partial charge in [-0.3, -0.25) is 9.59 Å². The van der Waals surface area contributed by atoms with Gasteiger partial charge in [0.2, 0.25) is 0 Å². The molecule has 0 aliphatic heterocycles. The maximum Gasteiger partial charge on any atom is 0.310 e. The van der Waals surface area contributed by atoms with Gasteiger partial charge >= 0.3 is 5.97 Å². The molecule has 0 bridgehead atoms. The van der Waals surface area contributed by atoms with Crippen LogP contribution in [0.15, 0.2) is 36.4 Å². The number of methoxy groups -OCH3 is 1. The third kappa shape index (κ3) is 3.37. The molecule has 5 nitrogen and oxygen atoms in total. The SMILES string of the molecule is COC(=O)C(C)CN(C)C(=O)c1ccc2ccccc2n1. The molecule has 110 valence electrons. The maximum atomic E-state index is 12.3. The lowest BCUT2D eigenvalue weighted by atomic mass is 10.1. The van der Waals surface area contributed by atoms with Crippen molar-refractivity contribution in [2.75, 3.05) is 20.7 Å². The van der Waals surface area contributed by atoms with E-state index in [-0.39, 0.29) is 17.8 Å². The number of aromatic nitrogens is 1. The summed E-state index contributed by atoms with van der Waals surface area (Å²) in [4.78, 5) is 29.6. The number of ether oxygens (including phenoxy) is 1. The molecule has 0 aliphatic rings. The summed E-state index contributed by atoms with van der Waals surface area (Å²) in [6, 6.07) is 11.2. The zero-order chi connectivity index (χ0) is 15.4. The van der Waals surface area contributed by atoms with Crippen molar-refractivity contribution in [2.45, 2.75) is 6.92 Å². The Labute approximate surface area is 123 Å². The van der Waals surface area contributed by atoms with Gasteiger partial charge in [0, 0.05) is 19.0 Å². The minimum absolute atomic E-state index is 0.212. The largest absolute Gasteiger partial charge is 0.469 e. The van der Waals surface area contributed by atoms with E-state index < -0.39 is 0 Å². The number of carbonyl (C=O) groups is 2. The second-order valence-corrected chi connectivity index (χ2v) is 5.00. The molecule has 0 aliphatic carbocycles. The highest BCUT2D eigenvalue weighted by molar-refractivity contribution is 5.95. The highest BCUT2D eigenvalue weighted by Gasteiger charge is 2.20. The van der Waals surface area contributed by atoms with Gasteiger partial charge in [0.25, 0.3) is 5.91 Å². The zero-order valence-electron chi connectivity index (χ0n) is 12.4. The van der Waals surface area contributed by atoms with Gasteiger partial charge in [-0.25, -0.2) is 4.98 Å². The van der Waals surface area contributed by atoms with Gasteiger partial charge in [-0.1, -0.05) is 31.2 Å². The number of benzene rings is 1. The monoisotopic (exact) mass is 286 g/mol. The van der Waals surface area contributed by atoms with Crippen LogP contribution < -0.4 is 0 Å². The van der Waals surface area contributed by atoms with Crippen molar-refractivity contribution >= 4 is 22.8 Å². The van der Waals surface area contributed by atoms with Crippen molar-refractivity contribution in [3.8, 4) is 0 Å². The van der Waals surface area contributed by atoms with Crippen LogP contribution in [-0.2, 0) is 9.53 Å². The third-order valence-corrected chi connectivity index (χ3v) is 3.32. The molecular formula is C16H18N2O3. The minimum Gasteiger partial charge on any atom is -0.469 e. The molecule has 1 heterocycles. The lowest BCUT2D eigenvalue weighted by molar-refractivity contribution is -0.145. The van der Waals surface area contributed by atoms with Crippen molar-refractivity contribution in [1.82, 2.24) is 9.88 Å². The van der Waals surface area contributed by atoms with Crippen LogP contribution in [0.5, 0.6) is 0 Å². The normalized spacial score (nSPS) is 12.0. The van der Waals surface area contributed by atoms with E-state index in [0.717, 1.165) is 10.9 Å². The van der Waals surface area contributed by atoms with E-state index in [1.54, 1.807) is 20.0 Å². The molecule has 1 aromatic heterocycles. The van der Waals surface area contributed by atoms with E-state index >= 15 is 0 Å². The molecule has 2 rings (SSSR count). The van der Waals surface area contributed by atoms with Crippen LogP contribution in [0.4, 0.5) is 0 Å². The van der Waals surface area contributed by atoms with E-state index in [0.29, 0.717) is 12.2 Å². The van der Waals surface area contributed by atoms with Gasteiger partial charge in [0.05, 0.1) is 18.5 Å². The fourth-order valence-electron chi connectivity index (χ4n) is 2.15. The third-order valence-electron chi connectivity index (χ3n) is 3.32. The van der Waals surface area contributed by atoms with Crippen LogP contribution in [0, 0.1) is 5.92 Å². The Morgan fingerprint density at radius 3 is 2.67 bits per heavy atom. The quantitative estimate of drug-likeness (QED) is 0.808. The molecule has 1 aromatic carbocycles. The molecular weight excluding hydrogens is 268 g/mol. The molecule has 1 atom stereocenters. The topological polar surface area (TPSA) is 59.5 Å². The molecule has 0 spiro atoms. The molecule has 21 heavy (non-hydrogen) atoms. The van der Waals surface area contributed by atoms with Crippen LogP contribution in [0.25, 0.3) is 10.9 Å². The summed E-state index contributed by atoms with van der Waals surface area (Å²) < 4.78 is 4.66. The standard InChI is InChI=1S/C16H18N2O3/c1-11(16(20)21-3)10-18(2)15(19)14-9-8-12-6-4-5-7-13(12)17-14/h4-9,11H,10H2,1-3H3. The zero-order valence-corrected chi connectivity index (χ0v) is 12.4. The molecule has 0 fully saturated rings. The predicted molar refractivity (Wildman–Crippen MR) is 79.9 cm³/mol. The summed E-state index contributed by atoms with van der Waals surface area (Å²) in [6.45, 7) is 2.02. The first kappa shape index (κ1) is 15.0. The fraction of sp³-hybridized carbons (Fsp3) is 0.312. The smallest absolute Gasteiger partial charge is 0.310 e. The fourth-order valence-corrected chi connectivity index (χ4v) is 2.15. The van der Waals surface area contributed by atoms with E-state index in [9.17, 15) is 9.59 Å². The summed E-state index contributed by atoms with van der Waals surface area (Å²) in [5, 5.41) is 0.986. The van der Waals surface area contributed by atoms with Crippen LogP contribution in [0.1, 0.15) is 17.4 Å². The second-order valence-electron chi connectivity index (χ2n) is 5.00. The van der Waals surface area contributed by atoms with Crippen LogP contribution in [-0.4, -0.2) is 42.5 Å². The minimum atomic E-state index is -0.371. The van der Waals surface area contributed by atoms with Crippen LogP contribution in [0.2, 0.25) is 0 Å². The maximum absolute atomic E-state index is 12.3. The number of pyridine rings is 1. The van der Waals surface area contributed by atoms with Gasteiger partial charge in [0.15, 0.2) is 0 Å². The summed E-state index contributed by atoms with van der Waals surface area (Å²) in [7, 11) is 2.99. The molecule has 0 N–H and O–H groups in total. The molecule has 0 radical (unpaired) electrons. The first-order valence-electron chi connectivity index (χ1n) is 6.72. The Morgan fingerprint density at radius 1 is 1.24 bits per heavy atom. The molecule has 0 saturated heterocycles. The number of carbonyl (C=O) groups excluding carboxylic acids is 2. The molecule has 5 heteroatoms. The number of rotatable bonds is 4. The number of hydrogen-bond donors (Lipinski definition) is 0. The Kier molecular flexibility index (Phi) is 4.52. The summed E-state index contributed by atoms with van der Waals surface area (Å²) in [5.74, 6) is -0.915. The number of hydrogen-bond acceptors (Lipinski definition) is 4. The van der Waals surface area contributed by atoms with Gasteiger partial charge < -0.3 is 9.64 Å². The van der Waals surface area contributed by atoms with Crippen molar-refractivity contribution in [3.05, 3.63) is 42.1 Å². The van der Waals surface area contributed by atoms with E-state index in [2.05, 4.69) is 9.72 Å². The predicted octanol–water partition coefficient (Wildman–Crippen LogP) is 2.12. The Balaban J connectivity index is 2.15. The van der Waals surface area contributed by atoms with Crippen molar-refractivity contribution < 1.29 is 14.3 Å². The van der Waals surface area contributed by atoms with E-state index in [4.69, 9.17) is 0 Å². The van der Waals surface area contributed by atoms with Gasteiger partial charge in [-0.2, -0.15) is 0 Å². The average Bonchev–Trinajstić information content (AvgIpc) is 2.52. The summed E-state index contributed by atoms with van der Waals surface area (Å²) in [5.41, 5.74) is 1.14. The number of para-hydroxylation sites is 1. The lowest BCUT2D eigenvalue weighted by Crippen LogP contribution is -2.34. The first-order valence-corrected chi connectivity index (χ1v) is 6.72. The van der Waals surface area contributed by atoms with Gasteiger partial charge in [0.1, 0.15) is 5.69 Å². The Bertz CT molecular complexity index is 669. The van der Waals surface area contributed by atoms with E-state index in [1.165, 1.54) is 12.0 Å². The van der Waals surface area contributed by atoms with E-state index in [1.807, 2.05) is 30.3 Å². The first-order chi connectivity index (χ1) is 10.0. The van der Waals surface area contributed by atoms with Crippen molar-refractivity contribution in [2.24, 2.45) is 5.92 Å². The summed E-state index contributed by atoms with van der Waals surface area (Å²) in [6.07, 6.45) is 0. The van der Waals surface area contributed by atoms with Crippen LogP contribution in [0.3, 0.4) is 0 Å². The van der Waals surface area contributed by atoms with Crippen LogP contribution >= 0.6 is 0 Å². The average molecular weight is 286 g/mol. The molecule has 0 saturated carbocycles. The number of amides is 1. The lowest BCUT2D eigenvalue weighted by Gasteiger charge is -2.20.